The molecule has 0 aromatic heterocycles. The number of carbonyl (C=O) groups is 2. The van der Waals surface area contributed by atoms with E-state index in [0.717, 1.165) is 12.8 Å². The molecule has 5 heteroatoms. The van der Waals surface area contributed by atoms with Crippen LogP contribution in [0.5, 0.6) is 0 Å². The zero-order chi connectivity index (χ0) is 11.1. The van der Waals surface area contributed by atoms with Crippen molar-refractivity contribution in [2.75, 3.05) is 7.11 Å². The summed E-state index contributed by atoms with van der Waals surface area (Å²) in [5.74, 6) is -2.46. The van der Waals surface area contributed by atoms with Gasteiger partial charge >= 0.3 is 11.9 Å². The lowest BCUT2D eigenvalue weighted by molar-refractivity contribution is -0.152. The highest BCUT2D eigenvalue weighted by atomic mass is 16.5. The smallest absolute Gasteiger partial charge is 0.321 e. The van der Waals surface area contributed by atoms with E-state index < -0.39 is 23.9 Å². The van der Waals surface area contributed by atoms with Gasteiger partial charge in [0.2, 0.25) is 0 Å². The Bertz CT molecular complexity index is 205. The summed E-state index contributed by atoms with van der Waals surface area (Å²) in [7, 11) is 1.23. The highest BCUT2D eigenvalue weighted by molar-refractivity contribution is 5.83. The zero-order valence-corrected chi connectivity index (χ0v) is 8.53. The molecule has 0 radical (unpaired) electrons. The molecule has 0 spiro atoms. The molecular formula is C9H17NO4. The van der Waals surface area contributed by atoms with Crippen LogP contribution in [0.3, 0.4) is 0 Å². The van der Waals surface area contributed by atoms with Crippen molar-refractivity contribution < 1.29 is 19.4 Å². The molecule has 0 aliphatic heterocycles. The number of rotatable bonds is 6. The highest BCUT2D eigenvalue weighted by Gasteiger charge is 2.30. The van der Waals surface area contributed by atoms with Gasteiger partial charge in [-0.25, -0.2) is 0 Å². The van der Waals surface area contributed by atoms with Crippen LogP contribution >= 0.6 is 0 Å². The Morgan fingerprint density at radius 3 is 2.43 bits per heavy atom. The van der Waals surface area contributed by atoms with E-state index in [9.17, 15) is 9.59 Å². The number of carboxylic acid groups (broad SMARTS) is 1. The summed E-state index contributed by atoms with van der Waals surface area (Å²) < 4.78 is 4.50. The van der Waals surface area contributed by atoms with Crippen LogP contribution < -0.4 is 5.73 Å². The van der Waals surface area contributed by atoms with Crippen molar-refractivity contribution >= 4 is 11.9 Å². The molecule has 14 heavy (non-hydrogen) atoms. The average Bonchev–Trinajstić information content (AvgIpc) is 2.17. The molecule has 82 valence electrons. The fraction of sp³-hybridized carbons (Fsp3) is 0.778. The summed E-state index contributed by atoms with van der Waals surface area (Å²) in [6, 6.07) is -1.17. The van der Waals surface area contributed by atoms with Gasteiger partial charge in [-0.1, -0.05) is 19.8 Å². The summed E-state index contributed by atoms with van der Waals surface area (Å²) >= 11 is 0. The number of unbranched alkanes of at least 4 members (excludes halogenated alkanes) is 1. The van der Waals surface area contributed by atoms with E-state index in [0.29, 0.717) is 6.42 Å². The number of carbonyl (C=O) groups excluding carboxylic acids is 1. The first-order valence-corrected chi connectivity index (χ1v) is 4.60. The lowest BCUT2D eigenvalue weighted by Gasteiger charge is -2.17. The third-order valence-corrected chi connectivity index (χ3v) is 2.09. The van der Waals surface area contributed by atoms with Gasteiger partial charge in [-0.3, -0.25) is 9.59 Å². The lowest BCUT2D eigenvalue weighted by atomic mass is 9.94. The molecule has 0 heterocycles. The maximum atomic E-state index is 11.2. The Kier molecular flexibility index (Phi) is 5.87. The van der Waals surface area contributed by atoms with Crippen LogP contribution in [0.15, 0.2) is 0 Å². The van der Waals surface area contributed by atoms with Gasteiger partial charge in [0.1, 0.15) is 6.04 Å². The topological polar surface area (TPSA) is 89.6 Å². The molecule has 0 aliphatic rings. The van der Waals surface area contributed by atoms with Gasteiger partial charge in [-0.2, -0.15) is 0 Å². The van der Waals surface area contributed by atoms with Crippen LogP contribution in [0.2, 0.25) is 0 Å². The molecule has 0 unspecified atom stereocenters. The van der Waals surface area contributed by atoms with Gasteiger partial charge in [0.05, 0.1) is 13.0 Å². The molecule has 0 fully saturated rings. The Hall–Kier alpha value is -1.10. The molecule has 0 aromatic carbocycles. The van der Waals surface area contributed by atoms with Gasteiger partial charge in [0, 0.05) is 0 Å². The highest BCUT2D eigenvalue weighted by Crippen LogP contribution is 2.13. The molecular weight excluding hydrogens is 186 g/mol. The van der Waals surface area contributed by atoms with Crippen molar-refractivity contribution in [1.82, 2.24) is 0 Å². The molecule has 0 aliphatic carbocycles. The van der Waals surface area contributed by atoms with Gasteiger partial charge in [-0.05, 0) is 6.42 Å². The van der Waals surface area contributed by atoms with Crippen LogP contribution in [-0.2, 0) is 14.3 Å². The molecule has 0 bridgehead atoms. The second kappa shape index (κ2) is 6.37. The second-order valence-corrected chi connectivity index (χ2v) is 3.14. The van der Waals surface area contributed by atoms with Gasteiger partial charge in [0.25, 0.3) is 0 Å². The third-order valence-electron chi connectivity index (χ3n) is 2.09. The summed E-state index contributed by atoms with van der Waals surface area (Å²) in [6.07, 6.45) is 2.11. The minimum Gasteiger partial charge on any atom is -0.480 e. The quantitative estimate of drug-likeness (QED) is 0.609. The van der Waals surface area contributed by atoms with Crippen molar-refractivity contribution in [2.24, 2.45) is 11.7 Å². The van der Waals surface area contributed by atoms with Crippen molar-refractivity contribution in [2.45, 2.75) is 32.2 Å². The van der Waals surface area contributed by atoms with Gasteiger partial charge < -0.3 is 15.6 Å². The van der Waals surface area contributed by atoms with E-state index in [-0.39, 0.29) is 0 Å². The van der Waals surface area contributed by atoms with Crippen LogP contribution in [0.4, 0.5) is 0 Å². The first-order chi connectivity index (χ1) is 6.54. The Labute approximate surface area is 83.2 Å². The SMILES string of the molecule is CCCC[C@H](C(=O)OC)[C@H](N)C(=O)O. The average molecular weight is 203 g/mol. The Morgan fingerprint density at radius 1 is 1.50 bits per heavy atom. The first kappa shape index (κ1) is 12.9. The standard InChI is InChI=1S/C9H17NO4/c1-3-4-5-6(9(13)14-2)7(10)8(11)12/h6-7H,3-5,10H2,1-2H3,(H,11,12)/t6-,7-/m0/s1. The summed E-state index contributed by atoms with van der Waals surface area (Å²) in [5.41, 5.74) is 5.38. The number of hydrogen-bond acceptors (Lipinski definition) is 4. The second-order valence-electron chi connectivity index (χ2n) is 3.14. The summed E-state index contributed by atoms with van der Waals surface area (Å²) in [6.45, 7) is 1.96. The maximum absolute atomic E-state index is 11.2. The fourth-order valence-electron chi connectivity index (χ4n) is 1.19. The van der Waals surface area contributed by atoms with Crippen LogP contribution in [0, 0.1) is 5.92 Å². The number of methoxy groups -OCH3 is 1. The van der Waals surface area contributed by atoms with Crippen molar-refractivity contribution in [3.63, 3.8) is 0 Å². The largest absolute Gasteiger partial charge is 0.480 e. The molecule has 0 amide bonds. The predicted molar refractivity (Wildman–Crippen MR) is 50.6 cm³/mol. The molecule has 3 N–H and O–H groups in total. The maximum Gasteiger partial charge on any atom is 0.321 e. The van der Waals surface area contributed by atoms with E-state index in [1.54, 1.807) is 0 Å². The number of hydrogen-bond donors (Lipinski definition) is 2. The minimum atomic E-state index is -1.17. The van der Waals surface area contributed by atoms with Crippen LogP contribution in [0.25, 0.3) is 0 Å². The lowest BCUT2D eigenvalue weighted by Crippen LogP contribution is -2.42. The number of carboxylic acids is 1. The van der Waals surface area contributed by atoms with Crippen LogP contribution in [-0.4, -0.2) is 30.2 Å². The molecule has 0 saturated heterocycles. The molecule has 0 saturated carbocycles. The van der Waals surface area contributed by atoms with E-state index in [1.165, 1.54) is 7.11 Å². The number of aliphatic carboxylic acids is 1. The number of esters is 1. The van der Waals surface area contributed by atoms with E-state index >= 15 is 0 Å². The van der Waals surface area contributed by atoms with Gasteiger partial charge in [-0.15, -0.1) is 0 Å². The fourth-order valence-corrected chi connectivity index (χ4v) is 1.19. The summed E-state index contributed by atoms with van der Waals surface area (Å²) in [4.78, 5) is 21.8. The number of ether oxygens (including phenoxy) is 1. The monoisotopic (exact) mass is 203 g/mol. The van der Waals surface area contributed by atoms with E-state index in [1.807, 2.05) is 6.92 Å². The molecule has 0 aromatic rings. The molecule has 2 atom stereocenters. The third kappa shape index (κ3) is 3.74. The van der Waals surface area contributed by atoms with Crippen LogP contribution in [0.1, 0.15) is 26.2 Å². The summed E-state index contributed by atoms with van der Waals surface area (Å²) in [5, 5.41) is 8.66. The molecule has 5 nitrogen and oxygen atoms in total. The first-order valence-electron chi connectivity index (χ1n) is 4.60. The van der Waals surface area contributed by atoms with Crippen molar-refractivity contribution in [1.29, 1.82) is 0 Å². The Morgan fingerprint density at radius 2 is 2.07 bits per heavy atom. The normalized spacial score (nSPS) is 14.5. The van der Waals surface area contributed by atoms with Gasteiger partial charge in [0.15, 0.2) is 0 Å². The van der Waals surface area contributed by atoms with E-state index in [4.69, 9.17) is 10.8 Å². The number of nitrogens with two attached hydrogens (primary N) is 1. The minimum absolute atomic E-state index is 0.455. The molecule has 0 rings (SSSR count). The predicted octanol–water partition coefficient (Wildman–Crippen LogP) is 0.378. The van der Waals surface area contributed by atoms with Crippen molar-refractivity contribution in [3.05, 3.63) is 0 Å². The zero-order valence-electron chi connectivity index (χ0n) is 8.53. The Balaban J connectivity index is 4.37. The van der Waals surface area contributed by atoms with Crippen molar-refractivity contribution in [3.8, 4) is 0 Å². The van der Waals surface area contributed by atoms with E-state index in [2.05, 4.69) is 4.74 Å².